The molecule has 36 heavy (non-hydrogen) atoms. The minimum Gasteiger partial charge on any atom is -0.497 e. The second kappa shape index (κ2) is 12.2. The molecule has 9 heteroatoms. The van der Waals surface area contributed by atoms with Crippen LogP contribution in [0.3, 0.4) is 0 Å². The van der Waals surface area contributed by atoms with Crippen LogP contribution < -0.4 is 20.3 Å². The fourth-order valence-corrected chi connectivity index (χ4v) is 5.47. The van der Waals surface area contributed by atoms with Gasteiger partial charge >= 0.3 is 0 Å². The van der Waals surface area contributed by atoms with Crippen molar-refractivity contribution in [2.75, 3.05) is 51.1 Å². The molecule has 0 saturated carbocycles. The molecule has 2 N–H and O–H groups in total. The molecule has 190 valence electrons. The monoisotopic (exact) mass is 523 g/mol. The molecule has 1 aromatic heterocycles. The van der Waals surface area contributed by atoms with Gasteiger partial charge in [0, 0.05) is 56.4 Å². The molecule has 0 unspecified atom stereocenters. The number of hydrogen-bond donors (Lipinski definition) is 2. The predicted molar refractivity (Wildman–Crippen MR) is 152 cm³/mol. The molecule has 7 nitrogen and oxygen atoms in total. The van der Waals surface area contributed by atoms with Crippen molar-refractivity contribution in [3.05, 3.63) is 70.2 Å². The first kappa shape index (κ1) is 25.9. The Labute approximate surface area is 222 Å². The van der Waals surface area contributed by atoms with E-state index in [0.717, 1.165) is 65.2 Å². The average Bonchev–Trinajstić information content (AvgIpc) is 3.40. The number of nitrogens with one attached hydrogen (secondary N) is 2. The number of hydrogen-bond acceptors (Lipinski definition) is 6. The number of carbonyl (C=O) groups excluding carboxylic acids is 1. The second-order valence-electron chi connectivity index (χ2n) is 9.06. The number of likely N-dealkylation sites (tertiary alicyclic amines) is 1. The lowest BCUT2D eigenvalue weighted by Gasteiger charge is -2.33. The van der Waals surface area contributed by atoms with Crippen molar-refractivity contribution < 1.29 is 9.53 Å². The summed E-state index contributed by atoms with van der Waals surface area (Å²) in [6, 6.07) is 16.1. The van der Waals surface area contributed by atoms with Crippen molar-refractivity contribution in [3.8, 4) is 5.75 Å². The first-order chi connectivity index (χ1) is 17.4. The van der Waals surface area contributed by atoms with E-state index in [0.29, 0.717) is 18.2 Å². The van der Waals surface area contributed by atoms with Crippen LogP contribution >= 0.6 is 23.6 Å². The number of rotatable bonds is 8. The summed E-state index contributed by atoms with van der Waals surface area (Å²) in [5.74, 6) is 1.06. The highest BCUT2D eigenvalue weighted by Crippen LogP contribution is 2.30. The normalized spacial score (nSPS) is 13.8. The highest BCUT2D eigenvalue weighted by molar-refractivity contribution is 7.80. The molecule has 1 aliphatic rings. The van der Waals surface area contributed by atoms with Gasteiger partial charge in [0.2, 0.25) is 0 Å². The van der Waals surface area contributed by atoms with E-state index in [-0.39, 0.29) is 5.91 Å². The van der Waals surface area contributed by atoms with Gasteiger partial charge in [-0.05, 0) is 73.4 Å². The van der Waals surface area contributed by atoms with Gasteiger partial charge < -0.3 is 25.2 Å². The number of thiazole rings is 1. The second-order valence-corrected chi connectivity index (χ2v) is 10.3. The maximum absolute atomic E-state index is 12.6. The highest BCUT2D eigenvalue weighted by Gasteiger charge is 2.25. The molecule has 1 aliphatic heterocycles. The zero-order valence-corrected chi connectivity index (χ0v) is 22.6. The van der Waals surface area contributed by atoms with Gasteiger partial charge in [-0.3, -0.25) is 4.79 Å². The molecule has 4 rings (SSSR count). The Morgan fingerprint density at radius 2 is 1.94 bits per heavy atom. The van der Waals surface area contributed by atoms with Crippen LogP contribution in [0.15, 0.2) is 53.9 Å². The van der Waals surface area contributed by atoms with Crippen LogP contribution in [0.2, 0.25) is 0 Å². The Hall–Kier alpha value is -3.17. The van der Waals surface area contributed by atoms with Crippen LogP contribution in [-0.2, 0) is 6.42 Å². The third-order valence-corrected chi connectivity index (χ3v) is 7.72. The summed E-state index contributed by atoms with van der Waals surface area (Å²) < 4.78 is 5.26. The molecular weight excluding hydrogens is 490 g/mol. The Balaban J connectivity index is 1.23. The van der Waals surface area contributed by atoms with Crippen LogP contribution in [0.4, 0.5) is 11.4 Å². The lowest BCUT2D eigenvalue weighted by Crippen LogP contribution is -2.40. The smallest absolute Gasteiger partial charge is 0.270 e. The van der Waals surface area contributed by atoms with Gasteiger partial charge in [0.1, 0.15) is 11.4 Å². The quantitative estimate of drug-likeness (QED) is 0.412. The van der Waals surface area contributed by atoms with Crippen molar-refractivity contribution in [2.24, 2.45) is 0 Å². The minimum absolute atomic E-state index is 0.122. The number of thiocarbonyl (C=S) groups is 1. The van der Waals surface area contributed by atoms with Gasteiger partial charge in [-0.15, -0.1) is 11.3 Å². The fraction of sp³-hybridized carbons (Fsp3) is 0.370. The lowest BCUT2D eigenvalue weighted by atomic mass is 9.98. The molecule has 1 fully saturated rings. The molecule has 1 amide bonds. The number of aromatic nitrogens is 1. The first-order valence-electron chi connectivity index (χ1n) is 12.1. The summed E-state index contributed by atoms with van der Waals surface area (Å²) in [5, 5.41) is 9.99. The van der Waals surface area contributed by atoms with Gasteiger partial charge in [-0.25, -0.2) is 4.98 Å². The summed E-state index contributed by atoms with van der Waals surface area (Å²) in [6.45, 7) is 2.29. The topological polar surface area (TPSA) is 69.7 Å². The molecule has 1 saturated heterocycles. The molecule has 0 spiro atoms. The SMILES string of the molecule is COc1cccc(CCNC(=O)c2csc(C3CCN(C(=S)Nc4ccc(N(C)C)cc4)CC3)n2)c1. The average molecular weight is 524 g/mol. The summed E-state index contributed by atoms with van der Waals surface area (Å²) >= 11 is 7.23. The molecular formula is C27H33N5O2S2. The zero-order chi connectivity index (χ0) is 25.5. The van der Waals surface area contributed by atoms with E-state index in [2.05, 4.69) is 37.6 Å². The minimum atomic E-state index is -0.122. The highest BCUT2D eigenvalue weighted by atomic mass is 32.1. The molecule has 2 aromatic carbocycles. The van der Waals surface area contributed by atoms with E-state index in [4.69, 9.17) is 17.0 Å². The van der Waals surface area contributed by atoms with E-state index in [1.54, 1.807) is 18.4 Å². The molecule has 0 aliphatic carbocycles. The van der Waals surface area contributed by atoms with E-state index in [1.807, 2.05) is 55.9 Å². The third-order valence-electron chi connectivity index (χ3n) is 6.35. The molecule has 2 heterocycles. The van der Waals surface area contributed by atoms with E-state index < -0.39 is 0 Å². The van der Waals surface area contributed by atoms with Crippen LogP contribution in [0.5, 0.6) is 5.75 Å². The van der Waals surface area contributed by atoms with Gasteiger partial charge in [-0.1, -0.05) is 12.1 Å². The standard InChI is InChI=1S/C27H33N5O2S2/c1-31(2)22-9-7-21(8-10-22)29-27(35)32-15-12-20(13-16-32)26-30-24(18-36-26)25(33)28-14-11-19-5-4-6-23(17-19)34-3/h4-10,17-18,20H,11-16H2,1-3H3,(H,28,33)(H,29,35). The van der Waals surface area contributed by atoms with E-state index in [1.165, 1.54) is 0 Å². The Bertz CT molecular complexity index is 1170. The third kappa shape index (κ3) is 6.73. The summed E-state index contributed by atoms with van der Waals surface area (Å²) in [5.41, 5.74) is 3.77. The largest absolute Gasteiger partial charge is 0.497 e. The van der Waals surface area contributed by atoms with Gasteiger partial charge in [-0.2, -0.15) is 0 Å². The Morgan fingerprint density at radius 1 is 1.19 bits per heavy atom. The molecule has 0 radical (unpaired) electrons. The van der Waals surface area contributed by atoms with Crippen LogP contribution in [0.25, 0.3) is 0 Å². The Morgan fingerprint density at radius 3 is 2.64 bits per heavy atom. The van der Waals surface area contributed by atoms with E-state index in [9.17, 15) is 4.79 Å². The number of ether oxygens (including phenoxy) is 1. The molecule has 0 atom stereocenters. The van der Waals surface area contributed by atoms with Crippen LogP contribution in [-0.4, -0.2) is 61.7 Å². The van der Waals surface area contributed by atoms with Crippen LogP contribution in [0, 0.1) is 0 Å². The van der Waals surface area contributed by atoms with Gasteiger partial charge in [0.25, 0.3) is 5.91 Å². The first-order valence-corrected chi connectivity index (χ1v) is 13.4. The van der Waals surface area contributed by atoms with Crippen molar-refractivity contribution in [2.45, 2.75) is 25.2 Å². The van der Waals surface area contributed by atoms with Gasteiger partial charge in [0.05, 0.1) is 12.1 Å². The summed E-state index contributed by atoms with van der Waals surface area (Å²) in [4.78, 5) is 21.5. The molecule has 3 aromatic rings. The van der Waals surface area contributed by atoms with Crippen molar-refractivity contribution in [3.63, 3.8) is 0 Å². The lowest BCUT2D eigenvalue weighted by molar-refractivity contribution is 0.0949. The number of anilines is 2. The maximum Gasteiger partial charge on any atom is 0.270 e. The number of carbonyl (C=O) groups is 1. The number of piperidine rings is 1. The van der Waals surface area contributed by atoms with Crippen molar-refractivity contribution in [1.29, 1.82) is 0 Å². The summed E-state index contributed by atoms with van der Waals surface area (Å²) in [7, 11) is 5.71. The summed E-state index contributed by atoms with van der Waals surface area (Å²) in [6.07, 6.45) is 2.67. The maximum atomic E-state index is 12.6. The fourth-order valence-electron chi connectivity index (χ4n) is 4.19. The number of methoxy groups -OCH3 is 1. The van der Waals surface area contributed by atoms with Crippen molar-refractivity contribution >= 4 is 45.9 Å². The van der Waals surface area contributed by atoms with Crippen molar-refractivity contribution in [1.82, 2.24) is 15.2 Å². The Kier molecular flexibility index (Phi) is 8.77. The number of benzene rings is 2. The van der Waals surface area contributed by atoms with E-state index >= 15 is 0 Å². The number of nitrogens with zero attached hydrogens (tertiary/aromatic N) is 3. The predicted octanol–water partition coefficient (Wildman–Crippen LogP) is 4.77. The zero-order valence-electron chi connectivity index (χ0n) is 21.0. The van der Waals surface area contributed by atoms with Gasteiger partial charge in [0.15, 0.2) is 5.11 Å². The van der Waals surface area contributed by atoms with Crippen LogP contribution in [0.1, 0.15) is 39.8 Å². The number of amides is 1. The molecule has 0 bridgehead atoms.